The van der Waals surface area contributed by atoms with Gasteiger partial charge < -0.3 is 4.74 Å². The van der Waals surface area contributed by atoms with E-state index in [4.69, 9.17) is 4.74 Å². The Morgan fingerprint density at radius 1 is 0.710 bits per heavy atom. The second kappa shape index (κ2) is 14.9. The van der Waals surface area contributed by atoms with E-state index in [0.717, 1.165) is 25.7 Å². The number of rotatable bonds is 16. The van der Waals surface area contributed by atoms with E-state index < -0.39 is 11.6 Å². The van der Waals surface area contributed by atoms with Crippen molar-refractivity contribution in [2.24, 2.45) is 0 Å². The van der Waals surface area contributed by atoms with Gasteiger partial charge in [0.2, 0.25) is 0 Å². The molecule has 31 heavy (non-hydrogen) atoms. The third-order valence-electron chi connectivity index (χ3n) is 5.74. The van der Waals surface area contributed by atoms with Crippen LogP contribution in [-0.4, -0.2) is 11.6 Å². The summed E-state index contributed by atoms with van der Waals surface area (Å²) >= 11 is 0. The highest BCUT2D eigenvalue weighted by Crippen LogP contribution is 2.27. The number of aryl methyl sites for hydroxylation is 1. The second-order valence-electron chi connectivity index (χ2n) is 8.41. The number of aromatic nitrogens is 1. The zero-order valence-corrected chi connectivity index (χ0v) is 19.4. The Balaban J connectivity index is 1.77. The Morgan fingerprint density at radius 2 is 1.35 bits per heavy atom. The molecule has 2 nitrogen and oxygen atoms in total. The molecule has 0 aliphatic carbocycles. The second-order valence-corrected chi connectivity index (χ2v) is 8.41. The Labute approximate surface area is 187 Å². The Kier molecular flexibility index (Phi) is 12.2. The lowest BCUT2D eigenvalue weighted by Crippen LogP contribution is -2.00. The average molecular weight is 432 g/mol. The summed E-state index contributed by atoms with van der Waals surface area (Å²) in [6.07, 6.45) is 16.5. The number of halogens is 2. The van der Waals surface area contributed by atoms with E-state index in [1.165, 1.54) is 51.4 Å². The molecule has 4 heteroatoms. The quantitative estimate of drug-likeness (QED) is 0.248. The first kappa shape index (κ1) is 25.3. The molecular weight excluding hydrogens is 392 g/mol. The van der Waals surface area contributed by atoms with Crippen LogP contribution in [0, 0.1) is 11.6 Å². The first-order chi connectivity index (χ1) is 15.2. The van der Waals surface area contributed by atoms with Crippen molar-refractivity contribution in [3.63, 3.8) is 0 Å². The maximum Gasteiger partial charge on any atom is 0.168 e. The third kappa shape index (κ3) is 8.96. The van der Waals surface area contributed by atoms with Gasteiger partial charge in [0.1, 0.15) is 5.75 Å². The van der Waals surface area contributed by atoms with Crippen LogP contribution in [0.25, 0.3) is 11.3 Å². The van der Waals surface area contributed by atoms with Gasteiger partial charge in [-0.25, -0.2) is 8.78 Å². The maximum absolute atomic E-state index is 14.7. The van der Waals surface area contributed by atoms with Crippen molar-refractivity contribution in [3.05, 3.63) is 47.7 Å². The van der Waals surface area contributed by atoms with E-state index in [0.29, 0.717) is 30.0 Å². The summed E-state index contributed by atoms with van der Waals surface area (Å²) in [7, 11) is 0. The van der Waals surface area contributed by atoms with Gasteiger partial charge in [0.05, 0.1) is 18.5 Å². The third-order valence-corrected chi connectivity index (χ3v) is 5.74. The molecule has 0 N–H and O–H groups in total. The van der Waals surface area contributed by atoms with Crippen LogP contribution in [0.5, 0.6) is 5.75 Å². The van der Waals surface area contributed by atoms with Crippen molar-refractivity contribution in [2.75, 3.05) is 6.61 Å². The summed E-state index contributed by atoms with van der Waals surface area (Å²) in [5.41, 5.74) is 1.08. The van der Waals surface area contributed by atoms with Crippen LogP contribution < -0.4 is 4.74 Å². The number of hydrogen-bond donors (Lipinski definition) is 0. The van der Waals surface area contributed by atoms with Gasteiger partial charge in [-0.3, -0.25) is 4.98 Å². The lowest BCUT2D eigenvalue weighted by molar-refractivity contribution is 0.308. The number of nitrogens with zero attached hydrogens (tertiary/aromatic N) is 1. The highest BCUT2D eigenvalue weighted by atomic mass is 19.2. The highest BCUT2D eigenvalue weighted by molar-refractivity contribution is 5.61. The SMILES string of the molecule is CCCCCCCCCCCCc1ccc(-c2ccc(OCCCC)cn2)c(F)c1F. The van der Waals surface area contributed by atoms with Gasteiger partial charge >= 0.3 is 0 Å². The molecule has 0 fully saturated rings. The summed E-state index contributed by atoms with van der Waals surface area (Å²) in [6, 6.07) is 6.78. The molecule has 2 rings (SSSR count). The predicted octanol–water partition coefficient (Wildman–Crippen LogP) is 8.67. The lowest BCUT2D eigenvalue weighted by Gasteiger charge is -2.10. The van der Waals surface area contributed by atoms with E-state index in [2.05, 4.69) is 18.8 Å². The van der Waals surface area contributed by atoms with Crippen molar-refractivity contribution < 1.29 is 13.5 Å². The zero-order chi connectivity index (χ0) is 22.3. The zero-order valence-electron chi connectivity index (χ0n) is 19.4. The van der Waals surface area contributed by atoms with Crippen molar-refractivity contribution >= 4 is 0 Å². The molecule has 1 aromatic heterocycles. The first-order valence-corrected chi connectivity index (χ1v) is 12.2. The fourth-order valence-electron chi connectivity index (χ4n) is 3.74. The Morgan fingerprint density at radius 3 is 1.97 bits per heavy atom. The lowest BCUT2D eigenvalue weighted by atomic mass is 10.0. The molecule has 0 atom stereocenters. The van der Waals surface area contributed by atoms with E-state index in [9.17, 15) is 8.78 Å². The standard InChI is InChI=1S/C27H39F2NO/c1-3-5-7-8-9-10-11-12-13-14-15-22-16-18-24(27(29)26(22)28)25-19-17-23(21-30-25)31-20-6-4-2/h16-19,21H,3-15,20H2,1-2H3. The molecule has 172 valence electrons. The minimum absolute atomic E-state index is 0.199. The van der Waals surface area contributed by atoms with Crippen molar-refractivity contribution in [2.45, 2.75) is 97.3 Å². The number of ether oxygens (including phenoxy) is 1. The van der Waals surface area contributed by atoms with Crippen LogP contribution in [0.2, 0.25) is 0 Å². The maximum atomic E-state index is 14.7. The number of pyridine rings is 1. The van der Waals surface area contributed by atoms with Crippen LogP contribution >= 0.6 is 0 Å². The summed E-state index contributed by atoms with van der Waals surface area (Å²) in [6.45, 7) is 4.97. The molecule has 0 radical (unpaired) electrons. The summed E-state index contributed by atoms with van der Waals surface area (Å²) in [5.74, 6) is -0.897. The minimum Gasteiger partial charge on any atom is -0.492 e. The molecule has 0 aliphatic rings. The van der Waals surface area contributed by atoms with E-state index in [1.54, 1.807) is 30.5 Å². The van der Waals surface area contributed by atoms with Gasteiger partial charge in [-0.2, -0.15) is 0 Å². The molecule has 0 saturated heterocycles. The van der Waals surface area contributed by atoms with Crippen molar-refractivity contribution in [1.29, 1.82) is 0 Å². The Bertz CT molecular complexity index is 746. The van der Waals surface area contributed by atoms with Crippen LogP contribution in [0.15, 0.2) is 30.5 Å². The fraction of sp³-hybridized carbons (Fsp3) is 0.593. The number of hydrogen-bond acceptors (Lipinski definition) is 2. The Hall–Kier alpha value is -1.97. The summed E-state index contributed by atoms with van der Waals surface area (Å²) in [4.78, 5) is 4.25. The minimum atomic E-state index is -0.809. The van der Waals surface area contributed by atoms with Gasteiger partial charge in [-0.1, -0.05) is 84.1 Å². The molecule has 0 saturated carbocycles. The van der Waals surface area contributed by atoms with Crippen LogP contribution in [0.4, 0.5) is 8.78 Å². The topological polar surface area (TPSA) is 22.1 Å². The fourth-order valence-corrected chi connectivity index (χ4v) is 3.74. The van der Waals surface area contributed by atoms with Gasteiger partial charge in [0, 0.05) is 5.56 Å². The molecule has 0 unspecified atom stereocenters. The van der Waals surface area contributed by atoms with Gasteiger partial charge in [-0.15, -0.1) is 0 Å². The van der Waals surface area contributed by atoms with Crippen LogP contribution in [0.1, 0.15) is 96.5 Å². The van der Waals surface area contributed by atoms with Crippen molar-refractivity contribution in [1.82, 2.24) is 4.98 Å². The van der Waals surface area contributed by atoms with Crippen molar-refractivity contribution in [3.8, 4) is 17.0 Å². The van der Waals surface area contributed by atoms with Crippen LogP contribution in [0.3, 0.4) is 0 Å². The molecule has 0 bridgehead atoms. The largest absolute Gasteiger partial charge is 0.492 e. The molecule has 2 aromatic rings. The van der Waals surface area contributed by atoms with Gasteiger partial charge in [0.15, 0.2) is 11.6 Å². The summed E-state index contributed by atoms with van der Waals surface area (Å²) < 4.78 is 34.8. The smallest absolute Gasteiger partial charge is 0.168 e. The van der Waals surface area contributed by atoms with E-state index >= 15 is 0 Å². The molecule has 0 spiro atoms. The first-order valence-electron chi connectivity index (χ1n) is 12.2. The van der Waals surface area contributed by atoms with Gasteiger partial charge in [-0.05, 0) is 43.0 Å². The summed E-state index contributed by atoms with van der Waals surface area (Å²) in [5, 5.41) is 0. The van der Waals surface area contributed by atoms with Gasteiger partial charge in [0.25, 0.3) is 0 Å². The van der Waals surface area contributed by atoms with Crippen LogP contribution in [-0.2, 0) is 6.42 Å². The molecular formula is C27H39F2NO. The van der Waals surface area contributed by atoms with E-state index in [1.807, 2.05) is 0 Å². The normalized spacial score (nSPS) is 11.1. The number of unbranched alkanes of at least 4 members (excludes halogenated alkanes) is 10. The monoisotopic (exact) mass is 431 g/mol. The predicted molar refractivity (Wildman–Crippen MR) is 126 cm³/mol. The average Bonchev–Trinajstić information content (AvgIpc) is 2.79. The molecule has 0 aliphatic heterocycles. The molecule has 1 aromatic carbocycles. The number of benzene rings is 1. The highest BCUT2D eigenvalue weighted by Gasteiger charge is 2.15. The van der Waals surface area contributed by atoms with E-state index in [-0.39, 0.29) is 5.56 Å². The molecule has 1 heterocycles. The molecule has 0 amide bonds.